The van der Waals surface area contributed by atoms with Crippen molar-refractivity contribution in [1.82, 2.24) is 10.2 Å². The van der Waals surface area contributed by atoms with Gasteiger partial charge >= 0.3 is 0 Å². The fourth-order valence-corrected chi connectivity index (χ4v) is 2.58. The van der Waals surface area contributed by atoms with E-state index in [1.807, 2.05) is 11.8 Å². The zero-order valence-electron chi connectivity index (χ0n) is 10.5. The van der Waals surface area contributed by atoms with Gasteiger partial charge in [-0.1, -0.05) is 13.8 Å². The van der Waals surface area contributed by atoms with Gasteiger partial charge in [0.1, 0.15) is 0 Å². The predicted molar refractivity (Wildman–Crippen MR) is 65.2 cm³/mol. The zero-order chi connectivity index (χ0) is 11.5. The quantitative estimate of drug-likeness (QED) is 0.787. The number of amides is 1. The van der Waals surface area contributed by atoms with Gasteiger partial charge in [0.15, 0.2) is 0 Å². The first-order valence-electron chi connectivity index (χ1n) is 6.70. The summed E-state index contributed by atoms with van der Waals surface area (Å²) < 4.78 is 0. The summed E-state index contributed by atoms with van der Waals surface area (Å²) in [5.41, 5.74) is 0. The number of hydrogen-bond donors (Lipinski definition) is 1. The molecule has 1 amide bonds. The van der Waals surface area contributed by atoms with E-state index in [1.54, 1.807) is 0 Å². The van der Waals surface area contributed by atoms with Crippen molar-refractivity contribution < 1.29 is 4.79 Å². The molecule has 1 N–H and O–H groups in total. The Bertz CT molecular complexity index is 250. The molecule has 2 aliphatic rings. The van der Waals surface area contributed by atoms with Crippen LogP contribution in [0.2, 0.25) is 0 Å². The van der Waals surface area contributed by atoms with Crippen LogP contribution in [-0.4, -0.2) is 36.5 Å². The molecule has 0 spiro atoms. The predicted octanol–water partition coefficient (Wildman–Crippen LogP) is 1.63. The molecule has 16 heavy (non-hydrogen) atoms. The van der Waals surface area contributed by atoms with Crippen LogP contribution in [0.15, 0.2) is 0 Å². The van der Waals surface area contributed by atoms with Gasteiger partial charge in [0.25, 0.3) is 0 Å². The van der Waals surface area contributed by atoms with Crippen LogP contribution in [0.4, 0.5) is 0 Å². The molecule has 0 bridgehead atoms. The molecule has 0 aromatic carbocycles. The average Bonchev–Trinajstić information content (AvgIpc) is 3.08. The summed E-state index contributed by atoms with van der Waals surface area (Å²) in [6.07, 6.45) is 4.65. The van der Waals surface area contributed by atoms with E-state index < -0.39 is 0 Å². The molecule has 92 valence electrons. The fourth-order valence-electron chi connectivity index (χ4n) is 2.58. The Balaban J connectivity index is 1.80. The normalized spacial score (nSPS) is 30.5. The Hall–Kier alpha value is -0.570. The van der Waals surface area contributed by atoms with Crippen LogP contribution < -0.4 is 5.32 Å². The van der Waals surface area contributed by atoms with Crippen LogP contribution >= 0.6 is 0 Å². The van der Waals surface area contributed by atoms with E-state index in [9.17, 15) is 4.79 Å². The SMILES string of the molecule is CCC(=O)N1CC(C)CC(NCC2CC2)C1. The van der Waals surface area contributed by atoms with Crippen molar-refractivity contribution in [2.45, 2.75) is 45.6 Å². The first-order chi connectivity index (χ1) is 7.69. The number of nitrogens with one attached hydrogen (secondary N) is 1. The van der Waals surface area contributed by atoms with Gasteiger partial charge in [-0.2, -0.15) is 0 Å². The third-order valence-electron chi connectivity index (χ3n) is 3.71. The highest BCUT2D eigenvalue weighted by atomic mass is 16.2. The molecular weight excluding hydrogens is 200 g/mol. The highest BCUT2D eigenvalue weighted by Gasteiger charge is 2.28. The lowest BCUT2D eigenvalue weighted by Gasteiger charge is -2.37. The standard InChI is InChI=1S/C13H24N2O/c1-3-13(16)15-8-10(2)6-12(9-15)14-7-11-4-5-11/h10-12,14H,3-9H2,1-2H3. The smallest absolute Gasteiger partial charge is 0.222 e. The van der Waals surface area contributed by atoms with Crippen molar-refractivity contribution in [3.05, 3.63) is 0 Å². The monoisotopic (exact) mass is 224 g/mol. The summed E-state index contributed by atoms with van der Waals surface area (Å²) >= 11 is 0. The maximum Gasteiger partial charge on any atom is 0.222 e. The zero-order valence-corrected chi connectivity index (χ0v) is 10.5. The molecule has 2 atom stereocenters. The summed E-state index contributed by atoms with van der Waals surface area (Å²) in [5, 5.41) is 3.63. The molecule has 1 heterocycles. The van der Waals surface area contributed by atoms with E-state index in [0.29, 0.717) is 24.3 Å². The summed E-state index contributed by atoms with van der Waals surface area (Å²) in [6.45, 7) is 7.23. The molecular formula is C13H24N2O. The van der Waals surface area contributed by atoms with Crippen LogP contribution in [0.25, 0.3) is 0 Å². The Morgan fingerprint density at radius 2 is 2.12 bits per heavy atom. The summed E-state index contributed by atoms with van der Waals surface area (Å²) in [6, 6.07) is 0.528. The minimum atomic E-state index is 0.310. The van der Waals surface area contributed by atoms with Crippen LogP contribution in [0.3, 0.4) is 0 Å². The van der Waals surface area contributed by atoms with Gasteiger partial charge in [0.2, 0.25) is 5.91 Å². The first kappa shape index (κ1) is 11.9. The number of nitrogens with zero attached hydrogens (tertiary/aromatic N) is 1. The minimum Gasteiger partial charge on any atom is -0.341 e. The van der Waals surface area contributed by atoms with Crippen LogP contribution in [-0.2, 0) is 4.79 Å². The molecule has 2 unspecified atom stereocenters. The lowest BCUT2D eigenvalue weighted by Crippen LogP contribution is -2.51. The highest BCUT2D eigenvalue weighted by molar-refractivity contribution is 5.76. The van der Waals surface area contributed by atoms with Crippen molar-refractivity contribution in [3.63, 3.8) is 0 Å². The van der Waals surface area contributed by atoms with Crippen molar-refractivity contribution in [2.24, 2.45) is 11.8 Å². The number of rotatable bonds is 4. The van der Waals surface area contributed by atoms with E-state index in [0.717, 1.165) is 25.6 Å². The van der Waals surface area contributed by atoms with Gasteiger partial charge in [0, 0.05) is 25.6 Å². The fraction of sp³-hybridized carbons (Fsp3) is 0.923. The Morgan fingerprint density at radius 1 is 1.38 bits per heavy atom. The Labute approximate surface area is 98.6 Å². The summed E-state index contributed by atoms with van der Waals surface area (Å²) in [7, 11) is 0. The van der Waals surface area contributed by atoms with Crippen LogP contribution in [0.1, 0.15) is 39.5 Å². The van der Waals surface area contributed by atoms with Gasteiger partial charge in [-0.25, -0.2) is 0 Å². The van der Waals surface area contributed by atoms with E-state index in [2.05, 4.69) is 12.2 Å². The van der Waals surface area contributed by atoms with E-state index in [1.165, 1.54) is 19.3 Å². The van der Waals surface area contributed by atoms with E-state index in [4.69, 9.17) is 0 Å². The van der Waals surface area contributed by atoms with Gasteiger partial charge in [0.05, 0.1) is 0 Å². The Kier molecular flexibility index (Phi) is 3.85. The third-order valence-corrected chi connectivity index (χ3v) is 3.71. The molecule has 3 heteroatoms. The van der Waals surface area contributed by atoms with Gasteiger partial charge in [-0.3, -0.25) is 4.79 Å². The highest BCUT2D eigenvalue weighted by Crippen LogP contribution is 2.28. The first-order valence-corrected chi connectivity index (χ1v) is 6.70. The topological polar surface area (TPSA) is 32.3 Å². The largest absolute Gasteiger partial charge is 0.341 e. The lowest BCUT2D eigenvalue weighted by atomic mass is 9.95. The van der Waals surface area contributed by atoms with Crippen molar-refractivity contribution >= 4 is 5.91 Å². The summed E-state index contributed by atoms with van der Waals surface area (Å²) in [4.78, 5) is 13.7. The second-order valence-electron chi connectivity index (χ2n) is 5.54. The van der Waals surface area contributed by atoms with Crippen LogP contribution in [0.5, 0.6) is 0 Å². The molecule has 1 saturated heterocycles. The van der Waals surface area contributed by atoms with Crippen molar-refractivity contribution in [2.75, 3.05) is 19.6 Å². The second-order valence-corrected chi connectivity index (χ2v) is 5.54. The van der Waals surface area contributed by atoms with Crippen LogP contribution in [0, 0.1) is 11.8 Å². The van der Waals surface area contributed by atoms with Crippen molar-refractivity contribution in [1.29, 1.82) is 0 Å². The molecule has 0 radical (unpaired) electrons. The summed E-state index contributed by atoms with van der Waals surface area (Å²) in [5.74, 6) is 1.87. The molecule has 2 rings (SSSR count). The minimum absolute atomic E-state index is 0.310. The molecule has 1 aliphatic heterocycles. The molecule has 3 nitrogen and oxygen atoms in total. The van der Waals surface area contributed by atoms with E-state index >= 15 is 0 Å². The van der Waals surface area contributed by atoms with Gasteiger partial charge in [-0.05, 0) is 37.6 Å². The molecule has 1 aliphatic carbocycles. The molecule has 0 aromatic heterocycles. The average molecular weight is 224 g/mol. The van der Waals surface area contributed by atoms with Gasteiger partial charge < -0.3 is 10.2 Å². The number of carbonyl (C=O) groups excluding carboxylic acids is 1. The molecule has 0 aromatic rings. The number of piperidine rings is 1. The Morgan fingerprint density at radius 3 is 2.75 bits per heavy atom. The van der Waals surface area contributed by atoms with E-state index in [-0.39, 0.29) is 0 Å². The molecule has 1 saturated carbocycles. The van der Waals surface area contributed by atoms with Gasteiger partial charge in [-0.15, -0.1) is 0 Å². The lowest BCUT2D eigenvalue weighted by molar-refractivity contribution is -0.133. The maximum absolute atomic E-state index is 11.7. The maximum atomic E-state index is 11.7. The molecule has 2 fully saturated rings. The van der Waals surface area contributed by atoms with Crippen molar-refractivity contribution in [3.8, 4) is 0 Å². The number of hydrogen-bond acceptors (Lipinski definition) is 2. The second kappa shape index (κ2) is 5.17. The third kappa shape index (κ3) is 3.21. The number of carbonyl (C=O) groups is 1. The number of likely N-dealkylation sites (tertiary alicyclic amines) is 1.